The van der Waals surface area contributed by atoms with Crippen molar-refractivity contribution in [2.75, 3.05) is 10.6 Å². The standard InChI is InChI=1S/C19H23N5OS/c1-4-13-8-6-7-9-15(13)22-17(25)16-12(3)24-26-18(16)23-19-20-11-10-14(5-2)21-19/h6-12,24H,4-5H2,1-3H3,(H,22,25)(H,20,21,23). The first-order valence-electron chi connectivity index (χ1n) is 8.77. The van der Waals surface area contributed by atoms with Gasteiger partial charge in [-0.3, -0.25) is 9.52 Å². The molecule has 3 rings (SSSR count). The van der Waals surface area contributed by atoms with Gasteiger partial charge in [-0.1, -0.05) is 32.0 Å². The van der Waals surface area contributed by atoms with Crippen LogP contribution in [0.1, 0.15) is 32.0 Å². The van der Waals surface area contributed by atoms with E-state index in [2.05, 4.69) is 32.2 Å². The molecule has 1 aromatic heterocycles. The average Bonchev–Trinajstić information content (AvgIpc) is 3.02. The topological polar surface area (TPSA) is 78.9 Å². The number of anilines is 2. The highest BCUT2D eigenvalue weighted by Crippen LogP contribution is 2.30. The quantitative estimate of drug-likeness (QED) is 0.677. The molecule has 2 aromatic rings. The lowest BCUT2D eigenvalue weighted by Crippen LogP contribution is -2.26. The Balaban J connectivity index is 1.84. The summed E-state index contributed by atoms with van der Waals surface area (Å²) in [6.45, 7) is 6.08. The molecule has 0 radical (unpaired) electrons. The zero-order valence-electron chi connectivity index (χ0n) is 15.2. The molecule has 0 fully saturated rings. The van der Waals surface area contributed by atoms with Gasteiger partial charge in [0.05, 0.1) is 5.57 Å². The summed E-state index contributed by atoms with van der Waals surface area (Å²) in [7, 11) is 0. The number of aromatic nitrogens is 2. The van der Waals surface area contributed by atoms with Crippen molar-refractivity contribution < 1.29 is 4.79 Å². The number of rotatable bonds is 6. The van der Waals surface area contributed by atoms with Crippen LogP contribution in [0, 0.1) is 0 Å². The second-order valence-corrected chi connectivity index (χ2v) is 6.85. The van der Waals surface area contributed by atoms with Crippen LogP contribution in [0.2, 0.25) is 0 Å². The predicted molar refractivity (Wildman–Crippen MR) is 107 cm³/mol. The summed E-state index contributed by atoms with van der Waals surface area (Å²) in [6.07, 6.45) is 3.42. The Morgan fingerprint density at radius 3 is 2.81 bits per heavy atom. The number of hydrogen-bond donors (Lipinski definition) is 3. The second-order valence-electron chi connectivity index (χ2n) is 6.00. The van der Waals surface area contributed by atoms with Crippen LogP contribution in [0.25, 0.3) is 0 Å². The van der Waals surface area contributed by atoms with Crippen molar-refractivity contribution in [1.29, 1.82) is 0 Å². The fourth-order valence-electron chi connectivity index (χ4n) is 2.75. The highest BCUT2D eigenvalue weighted by molar-refractivity contribution is 8.01. The zero-order chi connectivity index (χ0) is 18.5. The molecule has 1 unspecified atom stereocenters. The average molecular weight is 369 g/mol. The summed E-state index contributed by atoms with van der Waals surface area (Å²) >= 11 is 1.39. The lowest BCUT2D eigenvalue weighted by Gasteiger charge is -2.13. The molecule has 7 heteroatoms. The predicted octanol–water partition coefficient (Wildman–Crippen LogP) is 3.50. The third kappa shape index (κ3) is 4.05. The Morgan fingerprint density at radius 2 is 2.04 bits per heavy atom. The SMILES string of the molecule is CCc1ccnc(NC2=C(C(=O)Nc3ccccc3CC)C(C)NS2)n1. The van der Waals surface area contributed by atoms with E-state index in [0.717, 1.165) is 34.8 Å². The highest BCUT2D eigenvalue weighted by atomic mass is 32.2. The Kier molecular flexibility index (Phi) is 5.90. The monoisotopic (exact) mass is 369 g/mol. The van der Waals surface area contributed by atoms with E-state index in [0.29, 0.717) is 11.5 Å². The van der Waals surface area contributed by atoms with E-state index in [1.54, 1.807) is 6.20 Å². The van der Waals surface area contributed by atoms with E-state index in [4.69, 9.17) is 0 Å². The number of aryl methyl sites for hydroxylation is 2. The lowest BCUT2D eigenvalue weighted by atomic mass is 10.1. The molecule has 3 N–H and O–H groups in total. The molecule has 2 heterocycles. The van der Waals surface area contributed by atoms with Gasteiger partial charge in [-0.05, 0) is 49.4 Å². The minimum absolute atomic E-state index is 0.0781. The van der Waals surface area contributed by atoms with Gasteiger partial charge in [0.15, 0.2) is 0 Å². The van der Waals surface area contributed by atoms with Crippen molar-refractivity contribution in [2.24, 2.45) is 0 Å². The van der Waals surface area contributed by atoms with Crippen LogP contribution in [0.4, 0.5) is 11.6 Å². The summed E-state index contributed by atoms with van der Waals surface area (Å²) < 4.78 is 3.23. The number of hydrogen-bond acceptors (Lipinski definition) is 6. The molecule has 0 saturated heterocycles. The van der Waals surface area contributed by atoms with Crippen molar-refractivity contribution in [2.45, 2.75) is 39.7 Å². The van der Waals surface area contributed by atoms with Gasteiger partial charge < -0.3 is 10.6 Å². The van der Waals surface area contributed by atoms with Crippen LogP contribution in [0.5, 0.6) is 0 Å². The summed E-state index contributed by atoms with van der Waals surface area (Å²) in [6, 6.07) is 9.67. The Labute approximate surface area is 158 Å². The van der Waals surface area contributed by atoms with Crippen molar-refractivity contribution >= 4 is 29.5 Å². The van der Waals surface area contributed by atoms with Gasteiger partial charge in [-0.2, -0.15) is 0 Å². The van der Waals surface area contributed by atoms with E-state index < -0.39 is 0 Å². The van der Waals surface area contributed by atoms with E-state index in [-0.39, 0.29) is 11.9 Å². The number of carbonyl (C=O) groups excluding carboxylic acids is 1. The van der Waals surface area contributed by atoms with Gasteiger partial charge in [0.1, 0.15) is 5.03 Å². The van der Waals surface area contributed by atoms with Gasteiger partial charge in [0.2, 0.25) is 5.95 Å². The first-order chi connectivity index (χ1) is 12.6. The van der Waals surface area contributed by atoms with Gasteiger partial charge in [0, 0.05) is 23.6 Å². The number of para-hydroxylation sites is 1. The smallest absolute Gasteiger partial charge is 0.255 e. The molecule has 0 spiro atoms. The first-order valence-corrected chi connectivity index (χ1v) is 9.58. The molecule has 1 aliphatic heterocycles. The van der Waals surface area contributed by atoms with Crippen molar-refractivity contribution in [3.8, 4) is 0 Å². The van der Waals surface area contributed by atoms with Crippen molar-refractivity contribution in [3.63, 3.8) is 0 Å². The van der Waals surface area contributed by atoms with E-state index in [9.17, 15) is 4.79 Å². The molecule has 0 bridgehead atoms. The highest BCUT2D eigenvalue weighted by Gasteiger charge is 2.29. The largest absolute Gasteiger partial charge is 0.322 e. The fraction of sp³-hybridized carbons (Fsp3) is 0.316. The molecular formula is C19H23N5OS. The molecule has 0 aliphatic carbocycles. The summed E-state index contributed by atoms with van der Waals surface area (Å²) in [5, 5.41) is 6.96. The molecule has 26 heavy (non-hydrogen) atoms. The van der Waals surface area contributed by atoms with Crippen LogP contribution >= 0.6 is 11.9 Å². The van der Waals surface area contributed by atoms with Gasteiger partial charge in [0.25, 0.3) is 5.91 Å². The minimum atomic E-state index is -0.120. The molecular weight excluding hydrogens is 346 g/mol. The number of amides is 1. The van der Waals surface area contributed by atoms with Crippen LogP contribution in [0.15, 0.2) is 47.1 Å². The van der Waals surface area contributed by atoms with Gasteiger partial charge >= 0.3 is 0 Å². The van der Waals surface area contributed by atoms with Crippen LogP contribution in [-0.2, 0) is 17.6 Å². The third-order valence-corrected chi connectivity index (χ3v) is 5.20. The van der Waals surface area contributed by atoms with Gasteiger partial charge in [-0.15, -0.1) is 0 Å². The molecule has 136 valence electrons. The minimum Gasteiger partial charge on any atom is -0.322 e. The van der Waals surface area contributed by atoms with Crippen LogP contribution < -0.4 is 15.4 Å². The molecule has 6 nitrogen and oxygen atoms in total. The molecule has 0 saturated carbocycles. The summed E-state index contributed by atoms with van der Waals surface area (Å²) in [4.78, 5) is 21.6. The number of benzene rings is 1. The number of nitrogens with one attached hydrogen (secondary N) is 3. The fourth-order valence-corrected chi connectivity index (χ4v) is 3.68. The first kappa shape index (κ1) is 18.4. The van der Waals surface area contributed by atoms with Crippen LogP contribution in [0.3, 0.4) is 0 Å². The molecule has 1 aromatic carbocycles. The Hall–Kier alpha value is -2.38. The normalized spacial score (nSPS) is 16.7. The molecule has 1 atom stereocenters. The van der Waals surface area contributed by atoms with Crippen molar-refractivity contribution in [1.82, 2.24) is 14.7 Å². The van der Waals surface area contributed by atoms with E-state index >= 15 is 0 Å². The summed E-state index contributed by atoms with van der Waals surface area (Å²) in [5.74, 6) is 0.382. The second kappa shape index (κ2) is 8.33. The summed E-state index contributed by atoms with van der Waals surface area (Å²) in [5.41, 5.74) is 3.57. The maximum Gasteiger partial charge on any atom is 0.255 e. The zero-order valence-corrected chi connectivity index (χ0v) is 16.0. The van der Waals surface area contributed by atoms with Crippen LogP contribution in [-0.4, -0.2) is 21.9 Å². The Morgan fingerprint density at radius 1 is 1.23 bits per heavy atom. The number of nitrogens with zero attached hydrogens (tertiary/aromatic N) is 2. The van der Waals surface area contributed by atoms with E-state index in [1.165, 1.54) is 11.9 Å². The third-order valence-electron chi connectivity index (χ3n) is 4.21. The van der Waals surface area contributed by atoms with Gasteiger partial charge in [-0.25, -0.2) is 9.97 Å². The lowest BCUT2D eigenvalue weighted by molar-refractivity contribution is -0.113. The molecule has 1 amide bonds. The van der Waals surface area contributed by atoms with Crippen molar-refractivity contribution in [3.05, 3.63) is 58.4 Å². The Bertz CT molecular complexity index is 836. The van der Waals surface area contributed by atoms with E-state index in [1.807, 2.05) is 44.2 Å². The maximum atomic E-state index is 12.9. The maximum absolute atomic E-state index is 12.9. The number of carbonyl (C=O) groups is 1. The molecule has 1 aliphatic rings.